The molecule has 0 saturated carbocycles. The number of unbranched alkanes of at least 4 members (excludes halogenated alkanes) is 5. The van der Waals surface area contributed by atoms with Crippen LogP contribution < -0.4 is 0 Å². The zero-order valence-corrected chi connectivity index (χ0v) is 9.53. The average molecular weight is 213 g/mol. The van der Waals surface area contributed by atoms with Gasteiger partial charge in [-0.05, 0) is 17.1 Å². The highest BCUT2D eigenvalue weighted by atomic mass is 35.7. The Hall–Kier alpha value is 0.990. The normalized spacial score (nSPS) is 10.4. The topological polar surface area (TPSA) is 0 Å². The van der Waals surface area contributed by atoms with E-state index in [-0.39, 0.29) is 0 Å². The molecule has 0 saturated heterocycles. The first-order chi connectivity index (χ1) is 5.41. The van der Waals surface area contributed by atoms with E-state index in [0.717, 1.165) is 0 Å². The van der Waals surface area contributed by atoms with Gasteiger partial charge in [-0.3, -0.25) is 0 Å². The molecule has 0 aliphatic carbocycles. The van der Waals surface area contributed by atoms with Crippen LogP contribution in [0.5, 0.6) is 0 Å². The Labute approximate surface area is 82.7 Å². The molecule has 0 bridgehead atoms. The Bertz CT molecular complexity index is 61.1. The predicted molar refractivity (Wildman–Crippen MR) is 59.3 cm³/mol. The highest BCUT2D eigenvalue weighted by Gasteiger charge is 1.90. The van der Waals surface area contributed by atoms with Crippen molar-refractivity contribution in [2.45, 2.75) is 45.4 Å². The van der Waals surface area contributed by atoms with E-state index in [1.54, 1.807) is 10.8 Å². The molecule has 0 aromatic heterocycles. The van der Waals surface area contributed by atoms with Gasteiger partial charge in [0.2, 0.25) is 0 Å². The number of halogens is 1. The summed E-state index contributed by atoms with van der Waals surface area (Å²) in [6, 6.07) is 0. The van der Waals surface area contributed by atoms with E-state index in [1.165, 1.54) is 54.3 Å². The van der Waals surface area contributed by atoms with Gasteiger partial charge in [-0.1, -0.05) is 49.8 Å². The van der Waals surface area contributed by atoms with E-state index in [4.69, 9.17) is 10.7 Å². The van der Waals surface area contributed by atoms with E-state index in [2.05, 4.69) is 6.92 Å². The van der Waals surface area contributed by atoms with E-state index >= 15 is 0 Å². The molecule has 68 valence electrons. The van der Waals surface area contributed by atoms with Gasteiger partial charge in [0, 0.05) is 15.8 Å². The van der Waals surface area contributed by atoms with Crippen LogP contribution >= 0.6 is 31.5 Å². The van der Waals surface area contributed by atoms with Gasteiger partial charge in [0.05, 0.1) is 0 Å². The van der Waals surface area contributed by atoms with Crippen molar-refractivity contribution in [3.05, 3.63) is 0 Å². The van der Waals surface area contributed by atoms with Crippen LogP contribution in [0.3, 0.4) is 0 Å². The summed E-state index contributed by atoms with van der Waals surface area (Å²) in [5.41, 5.74) is 0. The lowest BCUT2D eigenvalue weighted by atomic mass is 10.1. The summed E-state index contributed by atoms with van der Waals surface area (Å²) < 4.78 is 0. The molecule has 11 heavy (non-hydrogen) atoms. The van der Waals surface area contributed by atoms with Crippen molar-refractivity contribution in [1.82, 2.24) is 0 Å². The number of hydrogen-bond donors (Lipinski definition) is 0. The van der Waals surface area contributed by atoms with Crippen molar-refractivity contribution in [3.8, 4) is 0 Å². The van der Waals surface area contributed by atoms with Crippen molar-refractivity contribution in [1.29, 1.82) is 0 Å². The Morgan fingerprint density at radius 2 is 1.64 bits per heavy atom. The fourth-order valence-corrected chi connectivity index (χ4v) is 2.47. The summed E-state index contributed by atoms with van der Waals surface area (Å²) in [6.45, 7) is 2.25. The van der Waals surface area contributed by atoms with Crippen LogP contribution in [0.4, 0.5) is 0 Å². The average Bonchev–Trinajstić information content (AvgIpc) is 2.03. The minimum Gasteiger partial charge on any atom is -0.0773 e. The summed E-state index contributed by atoms with van der Waals surface area (Å²) >= 11 is 0. The fourth-order valence-electron chi connectivity index (χ4n) is 0.973. The third kappa shape index (κ3) is 11.0. The maximum Gasteiger partial charge on any atom is 0.0136 e. The van der Waals surface area contributed by atoms with Crippen LogP contribution in [0.1, 0.15) is 45.4 Å². The molecule has 0 aliphatic rings. The molecule has 0 rings (SSSR count). The SMILES string of the molecule is CCCCCCCCSSCl. The summed E-state index contributed by atoms with van der Waals surface area (Å²) in [6.07, 6.45) is 8.26. The third-order valence-electron chi connectivity index (χ3n) is 1.63. The lowest BCUT2D eigenvalue weighted by molar-refractivity contribution is 0.627. The van der Waals surface area contributed by atoms with E-state index in [9.17, 15) is 0 Å². The second kappa shape index (κ2) is 11.0. The van der Waals surface area contributed by atoms with Gasteiger partial charge in [-0.2, -0.15) is 0 Å². The van der Waals surface area contributed by atoms with Crippen LogP contribution in [0.2, 0.25) is 0 Å². The van der Waals surface area contributed by atoms with Gasteiger partial charge in [0.25, 0.3) is 0 Å². The predicted octanol–water partition coefficient (Wildman–Crippen LogP) is 4.88. The Morgan fingerprint density at radius 1 is 1.00 bits per heavy atom. The molecule has 0 radical (unpaired) electrons. The quantitative estimate of drug-likeness (QED) is 0.416. The van der Waals surface area contributed by atoms with Crippen molar-refractivity contribution < 1.29 is 0 Å². The molecule has 0 atom stereocenters. The van der Waals surface area contributed by atoms with Gasteiger partial charge in [0.1, 0.15) is 0 Å². The molecule has 0 heterocycles. The second-order valence-corrected chi connectivity index (χ2v) is 5.64. The van der Waals surface area contributed by atoms with Crippen LogP contribution in [-0.2, 0) is 0 Å². The van der Waals surface area contributed by atoms with Crippen molar-refractivity contribution >= 4 is 31.5 Å². The van der Waals surface area contributed by atoms with Crippen LogP contribution in [0.25, 0.3) is 0 Å². The molecular weight excluding hydrogens is 196 g/mol. The summed E-state index contributed by atoms with van der Waals surface area (Å²) in [5, 5.41) is 0. The van der Waals surface area contributed by atoms with Crippen LogP contribution in [0.15, 0.2) is 0 Å². The largest absolute Gasteiger partial charge is 0.0773 e. The molecule has 3 heteroatoms. The highest BCUT2D eigenvalue weighted by molar-refractivity contribution is 8.85. The van der Waals surface area contributed by atoms with E-state index in [0.29, 0.717) is 0 Å². The molecule has 0 N–H and O–H groups in total. The summed E-state index contributed by atoms with van der Waals surface area (Å²) in [5.74, 6) is 1.21. The van der Waals surface area contributed by atoms with Gasteiger partial charge in [-0.25, -0.2) is 0 Å². The molecule has 0 unspecified atom stereocenters. The molecule has 0 aromatic carbocycles. The molecule has 0 nitrogen and oxygen atoms in total. The lowest BCUT2D eigenvalue weighted by Crippen LogP contribution is -1.79. The van der Waals surface area contributed by atoms with Crippen LogP contribution in [0, 0.1) is 0 Å². The summed E-state index contributed by atoms with van der Waals surface area (Å²) in [4.78, 5) is 0. The lowest BCUT2D eigenvalue weighted by Gasteiger charge is -1.98. The standard InChI is InChI=1S/C8H17ClS2/c1-2-3-4-5-6-7-8-10-11-9/h2-8H2,1H3. The monoisotopic (exact) mass is 212 g/mol. The van der Waals surface area contributed by atoms with Gasteiger partial charge >= 0.3 is 0 Å². The molecule has 0 aliphatic heterocycles. The maximum absolute atomic E-state index is 5.44. The first-order valence-electron chi connectivity index (χ1n) is 4.32. The first kappa shape index (κ1) is 12.0. The van der Waals surface area contributed by atoms with E-state index in [1.807, 2.05) is 0 Å². The van der Waals surface area contributed by atoms with E-state index < -0.39 is 0 Å². The minimum absolute atomic E-state index is 1.21. The number of hydrogen-bond acceptors (Lipinski definition) is 2. The van der Waals surface area contributed by atoms with Crippen molar-refractivity contribution in [2.75, 3.05) is 5.75 Å². The van der Waals surface area contributed by atoms with Crippen molar-refractivity contribution in [3.63, 3.8) is 0 Å². The van der Waals surface area contributed by atoms with Crippen molar-refractivity contribution in [2.24, 2.45) is 0 Å². The Balaban J connectivity index is 2.69. The van der Waals surface area contributed by atoms with Gasteiger partial charge < -0.3 is 0 Å². The first-order valence-corrected chi connectivity index (χ1v) is 7.46. The molecule has 0 aromatic rings. The summed E-state index contributed by atoms with van der Waals surface area (Å²) in [7, 11) is 8.56. The number of rotatable bonds is 8. The second-order valence-electron chi connectivity index (χ2n) is 2.65. The molecular formula is C8H17ClS2. The smallest absolute Gasteiger partial charge is 0.0136 e. The maximum atomic E-state index is 5.44. The highest BCUT2D eigenvalue weighted by Crippen LogP contribution is 2.26. The molecule has 0 fully saturated rings. The van der Waals surface area contributed by atoms with Gasteiger partial charge in [0.15, 0.2) is 0 Å². The molecule has 0 spiro atoms. The Morgan fingerprint density at radius 3 is 2.27 bits per heavy atom. The third-order valence-corrected chi connectivity index (χ3v) is 3.74. The molecule has 0 amide bonds. The Kier molecular flexibility index (Phi) is 12.0. The zero-order chi connectivity index (χ0) is 8.36. The minimum atomic E-state index is 1.21. The fraction of sp³-hybridized carbons (Fsp3) is 1.00. The van der Waals surface area contributed by atoms with Gasteiger partial charge in [-0.15, -0.1) is 0 Å². The zero-order valence-electron chi connectivity index (χ0n) is 7.14. The van der Waals surface area contributed by atoms with Crippen LogP contribution in [-0.4, -0.2) is 5.75 Å².